The minimum absolute atomic E-state index is 0.251. The molecule has 90 valence electrons. The summed E-state index contributed by atoms with van der Waals surface area (Å²) in [6.45, 7) is 4.50. The Bertz CT molecular complexity index is 164. The van der Waals surface area contributed by atoms with Crippen molar-refractivity contribution in [2.45, 2.75) is 32.6 Å². The molecule has 0 spiro atoms. The van der Waals surface area contributed by atoms with Crippen LogP contribution in [0.25, 0.3) is 0 Å². The highest BCUT2D eigenvalue weighted by atomic mass is 16.3. The first-order valence-electron chi connectivity index (χ1n) is 6.20. The first kappa shape index (κ1) is 12.9. The second-order valence-electron chi connectivity index (χ2n) is 4.93. The van der Waals surface area contributed by atoms with Gasteiger partial charge in [-0.05, 0) is 43.7 Å². The minimum atomic E-state index is 0.251. The van der Waals surface area contributed by atoms with Gasteiger partial charge in [-0.25, -0.2) is 0 Å². The van der Waals surface area contributed by atoms with E-state index in [4.69, 9.17) is 5.11 Å². The number of aliphatic hydroxyl groups excluding tert-OH is 2. The van der Waals surface area contributed by atoms with E-state index in [1.807, 2.05) is 6.92 Å². The quantitative estimate of drug-likeness (QED) is 0.619. The number of rotatable bonds is 6. The van der Waals surface area contributed by atoms with Gasteiger partial charge in [-0.2, -0.15) is 0 Å². The van der Waals surface area contributed by atoms with Crippen LogP contribution >= 0.6 is 0 Å². The Hall–Kier alpha value is -0.120. The molecule has 3 unspecified atom stereocenters. The summed E-state index contributed by atoms with van der Waals surface area (Å²) in [4.78, 5) is 0. The van der Waals surface area contributed by atoms with Gasteiger partial charge in [-0.1, -0.05) is 19.8 Å². The zero-order valence-corrected chi connectivity index (χ0v) is 9.78. The number of nitrogens with one attached hydrogen (secondary N) is 1. The molecule has 3 nitrogen and oxygen atoms in total. The zero-order chi connectivity index (χ0) is 11.1. The molecule has 0 saturated heterocycles. The topological polar surface area (TPSA) is 52.5 Å². The van der Waals surface area contributed by atoms with Gasteiger partial charge < -0.3 is 15.5 Å². The van der Waals surface area contributed by atoms with Gasteiger partial charge in [0.2, 0.25) is 0 Å². The van der Waals surface area contributed by atoms with Gasteiger partial charge >= 0.3 is 0 Å². The number of aliphatic hydroxyl groups is 2. The molecule has 0 aromatic carbocycles. The number of hydrogen-bond acceptors (Lipinski definition) is 3. The van der Waals surface area contributed by atoms with Crippen LogP contribution in [0.2, 0.25) is 0 Å². The van der Waals surface area contributed by atoms with E-state index < -0.39 is 0 Å². The van der Waals surface area contributed by atoms with Crippen molar-refractivity contribution in [2.75, 3.05) is 26.3 Å². The van der Waals surface area contributed by atoms with Crippen molar-refractivity contribution in [1.29, 1.82) is 0 Å². The average molecular weight is 215 g/mol. The van der Waals surface area contributed by atoms with Crippen molar-refractivity contribution in [3.8, 4) is 0 Å². The van der Waals surface area contributed by atoms with Gasteiger partial charge in [0.1, 0.15) is 0 Å². The van der Waals surface area contributed by atoms with Gasteiger partial charge in [-0.3, -0.25) is 0 Å². The average Bonchev–Trinajstić information content (AvgIpc) is 2.29. The molecule has 1 fully saturated rings. The van der Waals surface area contributed by atoms with Gasteiger partial charge in [0.05, 0.1) is 0 Å². The van der Waals surface area contributed by atoms with Crippen molar-refractivity contribution in [3.05, 3.63) is 0 Å². The Kier molecular flexibility index (Phi) is 6.22. The van der Waals surface area contributed by atoms with E-state index in [0.29, 0.717) is 24.4 Å². The third-order valence-electron chi connectivity index (χ3n) is 3.51. The van der Waals surface area contributed by atoms with Crippen molar-refractivity contribution in [2.24, 2.45) is 17.8 Å². The van der Waals surface area contributed by atoms with Crippen molar-refractivity contribution < 1.29 is 10.2 Å². The van der Waals surface area contributed by atoms with Crippen molar-refractivity contribution >= 4 is 0 Å². The van der Waals surface area contributed by atoms with Gasteiger partial charge in [0, 0.05) is 13.2 Å². The Balaban J connectivity index is 2.17. The van der Waals surface area contributed by atoms with Crippen LogP contribution in [0, 0.1) is 17.8 Å². The maximum Gasteiger partial charge on any atom is 0.0468 e. The molecule has 0 amide bonds. The molecule has 0 aromatic rings. The van der Waals surface area contributed by atoms with E-state index in [-0.39, 0.29) is 6.61 Å². The van der Waals surface area contributed by atoms with Gasteiger partial charge in [-0.15, -0.1) is 0 Å². The van der Waals surface area contributed by atoms with Gasteiger partial charge in [0.25, 0.3) is 0 Å². The fourth-order valence-corrected chi connectivity index (χ4v) is 2.37. The SMILES string of the molecule is CC(CO)CNCC1CCCCC1CO. The molecule has 0 aliphatic heterocycles. The lowest BCUT2D eigenvalue weighted by Gasteiger charge is -2.30. The molecule has 0 bridgehead atoms. The van der Waals surface area contributed by atoms with Crippen LogP contribution < -0.4 is 5.32 Å². The van der Waals surface area contributed by atoms with Gasteiger partial charge in [0.15, 0.2) is 0 Å². The predicted molar refractivity (Wildman–Crippen MR) is 61.7 cm³/mol. The summed E-state index contributed by atoms with van der Waals surface area (Å²) >= 11 is 0. The van der Waals surface area contributed by atoms with E-state index in [1.165, 1.54) is 25.7 Å². The fourth-order valence-electron chi connectivity index (χ4n) is 2.37. The molecule has 3 N–H and O–H groups in total. The molecule has 0 aromatic heterocycles. The summed E-state index contributed by atoms with van der Waals surface area (Å²) in [7, 11) is 0. The Morgan fingerprint density at radius 3 is 2.47 bits per heavy atom. The summed E-state index contributed by atoms with van der Waals surface area (Å²) in [5, 5.41) is 21.5. The largest absolute Gasteiger partial charge is 0.396 e. The van der Waals surface area contributed by atoms with Crippen LogP contribution in [-0.2, 0) is 0 Å². The first-order chi connectivity index (χ1) is 7.27. The standard InChI is InChI=1S/C12H25NO2/c1-10(8-14)6-13-7-11-4-2-3-5-12(11)9-15/h10-15H,2-9H2,1H3. The second-order valence-corrected chi connectivity index (χ2v) is 4.93. The molecule has 0 heterocycles. The molecule has 1 saturated carbocycles. The lowest BCUT2D eigenvalue weighted by Crippen LogP contribution is -2.34. The highest BCUT2D eigenvalue weighted by Gasteiger charge is 2.23. The van der Waals surface area contributed by atoms with Crippen LogP contribution in [0.5, 0.6) is 0 Å². The lowest BCUT2D eigenvalue weighted by atomic mass is 9.79. The third-order valence-corrected chi connectivity index (χ3v) is 3.51. The van der Waals surface area contributed by atoms with E-state index in [1.54, 1.807) is 0 Å². The predicted octanol–water partition coefficient (Wildman–Crippen LogP) is 1.00. The summed E-state index contributed by atoms with van der Waals surface area (Å²) in [5.74, 6) is 1.46. The lowest BCUT2D eigenvalue weighted by molar-refractivity contribution is 0.131. The highest BCUT2D eigenvalue weighted by Crippen LogP contribution is 2.28. The van der Waals surface area contributed by atoms with Crippen molar-refractivity contribution in [3.63, 3.8) is 0 Å². The summed E-state index contributed by atoms with van der Waals surface area (Å²) < 4.78 is 0. The smallest absolute Gasteiger partial charge is 0.0468 e. The summed E-state index contributed by atoms with van der Waals surface area (Å²) in [6.07, 6.45) is 5.00. The molecule has 1 rings (SSSR count). The Morgan fingerprint density at radius 2 is 1.87 bits per heavy atom. The van der Waals surface area contributed by atoms with E-state index in [9.17, 15) is 5.11 Å². The van der Waals surface area contributed by atoms with E-state index in [0.717, 1.165) is 13.1 Å². The monoisotopic (exact) mass is 215 g/mol. The molecular formula is C12H25NO2. The maximum atomic E-state index is 9.25. The Morgan fingerprint density at radius 1 is 1.20 bits per heavy atom. The molecule has 0 radical (unpaired) electrons. The van der Waals surface area contributed by atoms with Crippen LogP contribution in [0.4, 0.5) is 0 Å². The normalized spacial score (nSPS) is 29.0. The Labute approximate surface area is 92.9 Å². The first-order valence-corrected chi connectivity index (χ1v) is 6.20. The third kappa shape index (κ3) is 4.49. The molecule has 15 heavy (non-hydrogen) atoms. The molecule has 3 heteroatoms. The maximum absolute atomic E-state index is 9.25. The minimum Gasteiger partial charge on any atom is -0.396 e. The van der Waals surface area contributed by atoms with Crippen LogP contribution in [0.1, 0.15) is 32.6 Å². The van der Waals surface area contributed by atoms with Crippen LogP contribution in [-0.4, -0.2) is 36.5 Å². The molecule has 3 atom stereocenters. The molecule has 1 aliphatic rings. The van der Waals surface area contributed by atoms with Crippen LogP contribution in [0.15, 0.2) is 0 Å². The van der Waals surface area contributed by atoms with E-state index >= 15 is 0 Å². The number of hydrogen-bond donors (Lipinski definition) is 3. The highest BCUT2D eigenvalue weighted by molar-refractivity contribution is 4.76. The van der Waals surface area contributed by atoms with E-state index in [2.05, 4.69) is 5.32 Å². The summed E-state index contributed by atoms with van der Waals surface area (Å²) in [5.41, 5.74) is 0. The van der Waals surface area contributed by atoms with Crippen molar-refractivity contribution in [1.82, 2.24) is 5.32 Å². The molecule has 1 aliphatic carbocycles. The zero-order valence-electron chi connectivity index (χ0n) is 9.78. The second kappa shape index (κ2) is 7.20. The fraction of sp³-hybridized carbons (Fsp3) is 1.00. The van der Waals surface area contributed by atoms with Crippen LogP contribution in [0.3, 0.4) is 0 Å². The summed E-state index contributed by atoms with van der Waals surface area (Å²) in [6, 6.07) is 0. The molecular weight excluding hydrogens is 190 g/mol.